The maximum atomic E-state index is 5.36. The molecule has 0 atom stereocenters. The van der Waals surface area contributed by atoms with E-state index in [2.05, 4.69) is 10.2 Å². The van der Waals surface area contributed by atoms with Gasteiger partial charge >= 0.3 is 0 Å². The van der Waals surface area contributed by atoms with Crippen LogP contribution in [0.4, 0.5) is 0 Å². The first-order valence-corrected chi connectivity index (χ1v) is 3.87. The highest BCUT2D eigenvalue weighted by Gasteiger charge is 1.98. The van der Waals surface area contributed by atoms with Gasteiger partial charge in [0.2, 0.25) is 0 Å². The minimum Gasteiger partial charge on any atom is -0.330 e. The van der Waals surface area contributed by atoms with Crippen molar-refractivity contribution in [1.29, 1.82) is 0 Å². The third kappa shape index (κ3) is 2.31. The average Bonchev–Trinajstić information content (AvgIpc) is 2.37. The predicted octanol–water partition coefficient (Wildman–Crippen LogP) is 0.0965. The summed E-state index contributed by atoms with van der Waals surface area (Å²) in [6.45, 7) is 0.762. The summed E-state index contributed by atoms with van der Waals surface area (Å²) in [7, 11) is 1.96. The van der Waals surface area contributed by atoms with Crippen molar-refractivity contribution in [3.63, 3.8) is 0 Å². The summed E-state index contributed by atoms with van der Waals surface area (Å²) < 4.78 is 1.94. The Morgan fingerprint density at radius 3 is 2.91 bits per heavy atom. The summed E-state index contributed by atoms with van der Waals surface area (Å²) in [6, 6.07) is 0. The topological polar surface area (TPSA) is 56.7 Å². The molecule has 1 aromatic heterocycles. The van der Waals surface area contributed by atoms with Gasteiger partial charge in [-0.15, -0.1) is 10.2 Å². The fourth-order valence-electron chi connectivity index (χ4n) is 0.961. The van der Waals surface area contributed by atoms with Crippen molar-refractivity contribution in [1.82, 2.24) is 14.8 Å². The Morgan fingerprint density at radius 2 is 2.36 bits per heavy atom. The number of hydrogen-bond donors (Lipinski definition) is 1. The molecule has 1 rings (SSSR count). The van der Waals surface area contributed by atoms with E-state index in [1.165, 1.54) is 0 Å². The normalized spacial score (nSPS) is 10.4. The van der Waals surface area contributed by atoms with E-state index >= 15 is 0 Å². The molecule has 1 heterocycles. The molecular weight excluding hydrogens is 140 g/mol. The molecule has 4 nitrogen and oxygen atoms in total. The molecule has 0 spiro atoms. The van der Waals surface area contributed by atoms with Crippen LogP contribution in [0.15, 0.2) is 6.33 Å². The smallest absolute Gasteiger partial charge is 0.132 e. The van der Waals surface area contributed by atoms with Crippen LogP contribution in [0.1, 0.15) is 18.7 Å². The fraction of sp³-hybridized carbons (Fsp3) is 0.714. The molecule has 0 bridgehead atoms. The summed E-state index contributed by atoms with van der Waals surface area (Å²) in [5.41, 5.74) is 5.36. The van der Waals surface area contributed by atoms with E-state index in [1.54, 1.807) is 6.33 Å². The average molecular weight is 154 g/mol. The molecule has 1 aromatic rings. The molecule has 0 aliphatic carbocycles. The van der Waals surface area contributed by atoms with Crippen LogP contribution in [0, 0.1) is 0 Å². The highest BCUT2D eigenvalue weighted by atomic mass is 15.2. The van der Waals surface area contributed by atoms with Gasteiger partial charge in [-0.3, -0.25) is 0 Å². The van der Waals surface area contributed by atoms with Crippen LogP contribution in [-0.4, -0.2) is 21.3 Å². The van der Waals surface area contributed by atoms with Crippen molar-refractivity contribution < 1.29 is 0 Å². The number of aromatic nitrogens is 3. The number of unbranched alkanes of at least 4 members (excludes halogenated alkanes) is 1. The summed E-state index contributed by atoms with van der Waals surface area (Å²) in [6.07, 6.45) is 4.86. The summed E-state index contributed by atoms with van der Waals surface area (Å²) in [4.78, 5) is 0. The van der Waals surface area contributed by atoms with E-state index < -0.39 is 0 Å². The quantitative estimate of drug-likeness (QED) is 0.625. The number of nitrogens with zero attached hydrogens (tertiary/aromatic N) is 3. The highest BCUT2D eigenvalue weighted by molar-refractivity contribution is 4.83. The lowest BCUT2D eigenvalue weighted by molar-refractivity contribution is 0.686. The second-order valence-electron chi connectivity index (χ2n) is 2.60. The minimum atomic E-state index is 0.762. The molecule has 0 saturated carbocycles. The van der Waals surface area contributed by atoms with Crippen LogP contribution < -0.4 is 5.73 Å². The molecule has 11 heavy (non-hydrogen) atoms. The van der Waals surface area contributed by atoms with Crippen molar-refractivity contribution in [3.8, 4) is 0 Å². The largest absolute Gasteiger partial charge is 0.330 e. The molecule has 0 saturated heterocycles. The maximum absolute atomic E-state index is 5.36. The first-order chi connectivity index (χ1) is 5.34. The fourth-order valence-corrected chi connectivity index (χ4v) is 0.961. The number of hydrogen-bond acceptors (Lipinski definition) is 3. The van der Waals surface area contributed by atoms with Crippen LogP contribution in [0.3, 0.4) is 0 Å². The van der Waals surface area contributed by atoms with Crippen LogP contribution in [0.5, 0.6) is 0 Å². The van der Waals surface area contributed by atoms with Gasteiger partial charge in [0.15, 0.2) is 0 Å². The van der Waals surface area contributed by atoms with Gasteiger partial charge < -0.3 is 10.3 Å². The lowest BCUT2D eigenvalue weighted by atomic mass is 10.2. The van der Waals surface area contributed by atoms with Gasteiger partial charge in [-0.2, -0.15) is 0 Å². The third-order valence-electron chi connectivity index (χ3n) is 1.66. The van der Waals surface area contributed by atoms with Gasteiger partial charge in [0.05, 0.1) is 0 Å². The summed E-state index contributed by atoms with van der Waals surface area (Å²) in [5, 5.41) is 7.74. The van der Waals surface area contributed by atoms with Crippen molar-refractivity contribution in [2.45, 2.75) is 19.3 Å². The van der Waals surface area contributed by atoms with Crippen molar-refractivity contribution in [3.05, 3.63) is 12.2 Å². The molecular formula is C7H14N4. The molecule has 0 aliphatic heterocycles. The van der Waals surface area contributed by atoms with E-state index in [0.29, 0.717) is 0 Å². The molecule has 0 fully saturated rings. The van der Waals surface area contributed by atoms with Crippen molar-refractivity contribution >= 4 is 0 Å². The van der Waals surface area contributed by atoms with Crippen LogP contribution >= 0.6 is 0 Å². The summed E-state index contributed by atoms with van der Waals surface area (Å²) >= 11 is 0. The number of nitrogens with two attached hydrogens (primary N) is 1. The molecule has 62 valence electrons. The van der Waals surface area contributed by atoms with Crippen LogP contribution in [-0.2, 0) is 13.5 Å². The Hall–Kier alpha value is -0.900. The predicted molar refractivity (Wildman–Crippen MR) is 43.0 cm³/mol. The zero-order valence-electron chi connectivity index (χ0n) is 6.82. The molecule has 0 radical (unpaired) electrons. The highest BCUT2D eigenvalue weighted by Crippen LogP contribution is 1.98. The van der Waals surface area contributed by atoms with E-state index in [4.69, 9.17) is 5.73 Å². The van der Waals surface area contributed by atoms with Crippen molar-refractivity contribution in [2.24, 2.45) is 12.8 Å². The first kappa shape index (κ1) is 8.20. The standard InChI is InChI=1S/C7H14N4/c1-11-6-9-10-7(11)4-2-3-5-8/h6H,2-5,8H2,1H3. The van der Waals surface area contributed by atoms with Gasteiger partial charge in [0, 0.05) is 13.5 Å². The van der Waals surface area contributed by atoms with Gasteiger partial charge in [0.1, 0.15) is 12.2 Å². The van der Waals surface area contributed by atoms with Gasteiger partial charge in [-0.05, 0) is 19.4 Å². The van der Waals surface area contributed by atoms with E-state index in [-0.39, 0.29) is 0 Å². The van der Waals surface area contributed by atoms with Gasteiger partial charge in [-0.1, -0.05) is 0 Å². The molecule has 0 aromatic carbocycles. The zero-order chi connectivity index (χ0) is 8.10. The Balaban J connectivity index is 2.32. The lowest BCUT2D eigenvalue weighted by Crippen LogP contribution is -2.02. The monoisotopic (exact) mass is 154 g/mol. The Morgan fingerprint density at radius 1 is 1.55 bits per heavy atom. The van der Waals surface area contributed by atoms with Crippen molar-refractivity contribution in [2.75, 3.05) is 6.54 Å². The second kappa shape index (κ2) is 4.08. The zero-order valence-corrected chi connectivity index (χ0v) is 6.82. The molecule has 0 amide bonds. The third-order valence-corrected chi connectivity index (χ3v) is 1.66. The molecule has 0 unspecified atom stereocenters. The van der Waals surface area contributed by atoms with Gasteiger partial charge in [0.25, 0.3) is 0 Å². The van der Waals surface area contributed by atoms with Crippen LogP contribution in [0.2, 0.25) is 0 Å². The Labute approximate surface area is 66.4 Å². The number of rotatable bonds is 4. The number of aryl methyl sites for hydroxylation is 2. The SMILES string of the molecule is Cn1cnnc1CCCCN. The van der Waals surface area contributed by atoms with E-state index in [9.17, 15) is 0 Å². The summed E-state index contributed by atoms with van der Waals surface area (Å²) in [5.74, 6) is 1.04. The van der Waals surface area contributed by atoms with Crippen LogP contribution in [0.25, 0.3) is 0 Å². The molecule has 2 N–H and O–H groups in total. The minimum absolute atomic E-state index is 0.762. The van der Waals surface area contributed by atoms with E-state index in [1.807, 2.05) is 11.6 Å². The molecule has 4 heteroatoms. The van der Waals surface area contributed by atoms with E-state index in [0.717, 1.165) is 31.6 Å². The second-order valence-corrected chi connectivity index (χ2v) is 2.60. The molecule has 0 aliphatic rings. The van der Waals surface area contributed by atoms with Gasteiger partial charge in [-0.25, -0.2) is 0 Å². The Kier molecular flexibility index (Phi) is 3.04. The Bertz CT molecular complexity index is 206. The first-order valence-electron chi connectivity index (χ1n) is 3.87. The lowest BCUT2D eigenvalue weighted by Gasteiger charge is -1.97. The maximum Gasteiger partial charge on any atom is 0.132 e.